The fraction of sp³-hybridized carbons (Fsp3) is 0.273. The number of halogens is 1. The summed E-state index contributed by atoms with van der Waals surface area (Å²) in [6.45, 7) is 5.09. The van der Waals surface area contributed by atoms with E-state index >= 15 is 0 Å². The van der Waals surface area contributed by atoms with Gasteiger partial charge in [-0.3, -0.25) is 0 Å². The van der Waals surface area contributed by atoms with Gasteiger partial charge in [0.1, 0.15) is 0 Å². The fourth-order valence-electron chi connectivity index (χ4n) is 0.941. The van der Waals surface area contributed by atoms with Gasteiger partial charge in [-0.15, -0.1) is 0 Å². The van der Waals surface area contributed by atoms with Gasteiger partial charge in [0.05, 0.1) is 0 Å². The zero-order chi connectivity index (χ0) is 9.68. The van der Waals surface area contributed by atoms with Gasteiger partial charge in [-0.2, -0.15) is 0 Å². The Morgan fingerprint density at radius 3 is 2.46 bits per heavy atom. The van der Waals surface area contributed by atoms with Crippen LogP contribution < -0.4 is 5.32 Å². The van der Waals surface area contributed by atoms with Crippen LogP contribution in [0.25, 0.3) is 0 Å². The minimum atomic E-state index is 0.893. The van der Waals surface area contributed by atoms with E-state index in [4.69, 9.17) is 0 Å². The van der Waals surface area contributed by atoms with E-state index in [0.29, 0.717) is 0 Å². The van der Waals surface area contributed by atoms with Crippen LogP contribution in [-0.4, -0.2) is 6.54 Å². The fourth-order valence-corrected chi connectivity index (χ4v) is 1.21. The third kappa shape index (κ3) is 4.13. The molecule has 1 aromatic rings. The lowest BCUT2D eigenvalue weighted by Gasteiger charge is -2.03. The summed E-state index contributed by atoms with van der Waals surface area (Å²) in [5.74, 6) is 0. The normalized spacial score (nSPS) is 9.46. The Balaban J connectivity index is 2.46. The highest BCUT2D eigenvalue weighted by Crippen LogP contribution is 2.13. The third-order valence-electron chi connectivity index (χ3n) is 1.66. The molecule has 13 heavy (non-hydrogen) atoms. The second-order valence-corrected chi connectivity index (χ2v) is 4.08. The van der Waals surface area contributed by atoms with Crippen LogP contribution in [-0.2, 0) is 0 Å². The molecule has 0 aromatic heterocycles. The smallest absolute Gasteiger partial charge is 0.0343 e. The largest absolute Gasteiger partial charge is 0.382 e. The summed E-state index contributed by atoms with van der Waals surface area (Å²) in [5.41, 5.74) is 2.49. The number of anilines is 1. The van der Waals surface area contributed by atoms with Gasteiger partial charge in [-0.25, -0.2) is 0 Å². The predicted molar refractivity (Wildman–Crippen MR) is 62.1 cm³/mol. The Hall–Kier alpha value is -0.760. The van der Waals surface area contributed by atoms with E-state index in [1.54, 1.807) is 0 Å². The minimum absolute atomic E-state index is 0.893. The molecule has 0 fully saturated rings. The van der Waals surface area contributed by atoms with Crippen molar-refractivity contribution in [3.63, 3.8) is 0 Å². The predicted octanol–water partition coefficient (Wildman–Crippen LogP) is 3.83. The summed E-state index contributed by atoms with van der Waals surface area (Å²) in [7, 11) is 0. The van der Waals surface area contributed by atoms with Crippen molar-refractivity contribution >= 4 is 21.6 Å². The SMILES string of the molecule is CC(C)=CCNc1ccc(Br)cc1. The Kier molecular flexibility index (Phi) is 4.03. The van der Waals surface area contributed by atoms with Crippen molar-refractivity contribution in [3.05, 3.63) is 40.4 Å². The van der Waals surface area contributed by atoms with Crippen LogP contribution in [0.3, 0.4) is 0 Å². The summed E-state index contributed by atoms with van der Waals surface area (Å²) in [4.78, 5) is 0. The van der Waals surface area contributed by atoms with E-state index in [1.165, 1.54) is 5.57 Å². The first-order chi connectivity index (χ1) is 6.18. The van der Waals surface area contributed by atoms with Crippen LogP contribution in [0.2, 0.25) is 0 Å². The summed E-state index contributed by atoms with van der Waals surface area (Å²) in [5, 5.41) is 3.31. The number of hydrogen-bond acceptors (Lipinski definition) is 1. The highest BCUT2D eigenvalue weighted by atomic mass is 79.9. The maximum absolute atomic E-state index is 3.40. The molecule has 1 nitrogen and oxygen atoms in total. The summed E-state index contributed by atoms with van der Waals surface area (Å²) < 4.78 is 1.11. The van der Waals surface area contributed by atoms with Crippen molar-refractivity contribution in [1.29, 1.82) is 0 Å². The molecule has 2 heteroatoms. The van der Waals surface area contributed by atoms with Crippen molar-refractivity contribution in [2.45, 2.75) is 13.8 Å². The lowest BCUT2D eigenvalue weighted by Crippen LogP contribution is -1.97. The van der Waals surface area contributed by atoms with Crippen molar-refractivity contribution in [3.8, 4) is 0 Å². The molecule has 1 rings (SSSR count). The summed E-state index contributed by atoms with van der Waals surface area (Å²) >= 11 is 3.40. The minimum Gasteiger partial charge on any atom is -0.382 e. The topological polar surface area (TPSA) is 12.0 Å². The van der Waals surface area contributed by atoms with Crippen LogP contribution in [0.4, 0.5) is 5.69 Å². The van der Waals surface area contributed by atoms with E-state index in [9.17, 15) is 0 Å². The van der Waals surface area contributed by atoms with Crippen molar-refractivity contribution in [1.82, 2.24) is 0 Å². The van der Waals surface area contributed by atoms with E-state index in [-0.39, 0.29) is 0 Å². The van der Waals surface area contributed by atoms with Crippen molar-refractivity contribution < 1.29 is 0 Å². The van der Waals surface area contributed by atoms with Crippen LogP contribution in [0.15, 0.2) is 40.4 Å². The van der Waals surface area contributed by atoms with Crippen molar-refractivity contribution in [2.24, 2.45) is 0 Å². The molecule has 0 aliphatic heterocycles. The first-order valence-electron chi connectivity index (χ1n) is 4.31. The number of hydrogen-bond donors (Lipinski definition) is 1. The summed E-state index contributed by atoms with van der Waals surface area (Å²) in [6.07, 6.45) is 2.17. The number of benzene rings is 1. The van der Waals surface area contributed by atoms with E-state index in [0.717, 1.165) is 16.7 Å². The van der Waals surface area contributed by atoms with Gasteiger partial charge in [0, 0.05) is 16.7 Å². The van der Waals surface area contributed by atoms with Gasteiger partial charge in [-0.05, 0) is 38.1 Å². The molecule has 0 aliphatic carbocycles. The zero-order valence-electron chi connectivity index (χ0n) is 7.97. The van der Waals surface area contributed by atoms with E-state index in [1.807, 2.05) is 12.1 Å². The van der Waals surface area contributed by atoms with Crippen molar-refractivity contribution in [2.75, 3.05) is 11.9 Å². The molecular formula is C11H14BrN. The Bertz CT molecular complexity index is 283. The number of rotatable bonds is 3. The summed E-state index contributed by atoms with van der Waals surface area (Å²) in [6, 6.07) is 8.18. The Morgan fingerprint density at radius 1 is 1.31 bits per heavy atom. The second kappa shape index (κ2) is 5.07. The van der Waals surface area contributed by atoms with Crippen LogP contribution in [0.5, 0.6) is 0 Å². The Morgan fingerprint density at radius 2 is 1.92 bits per heavy atom. The quantitative estimate of drug-likeness (QED) is 0.792. The van der Waals surface area contributed by atoms with Gasteiger partial charge >= 0.3 is 0 Å². The molecule has 0 amide bonds. The molecule has 1 aromatic carbocycles. The van der Waals surface area contributed by atoms with E-state index < -0.39 is 0 Å². The van der Waals surface area contributed by atoms with Crippen LogP contribution >= 0.6 is 15.9 Å². The van der Waals surface area contributed by atoms with Crippen LogP contribution in [0.1, 0.15) is 13.8 Å². The number of nitrogens with one attached hydrogen (secondary N) is 1. The highest BCUT2D eigenvalue weighted by Gasteiger charge is 1.89. The molecule has 0 unspecified atom stereocenters. The average Bonchev–Trinajstić information content (AvgIpc) is 2.08. The molecule has 0 aliphatic rings. The monoisotopic (exact) mass is 239 g/mol. The molecule has 0 bridgehead atoms. The van der Waals surface area contributed by atoms with Gasteiger partial charge in [-0.1, -0.05) is 27.6 Å². The van der Waals surface area contributed by atoms with Gasteiger partial charge < -0.3 is 5.32 Å². The molecule has 0 atom stereocenters. The van der Waals surface area contributed by atoms with Crippen LogP contribution in [0, 0.1) is 0 Å². The maximum Gasteiger partial charge on any atom is 0.0343 e. The first-order valence-corrected chi connectivity index (χ1v) is 5.10. The molecular weight excluding hydrogens is 226 g/mol. The first kappa shape index (κ1) is 10.3. The van der Waals surface area contributed by atoms with E-state index in [2.05, 4.69) is 53.3 Å². The van der Waals surface area contributed by atoms with Gasteiger partial charge in [0.25, 0.3) is 0 Å². The Labute approximate surface area is 88.0 Å². The average molecular weight is 240 g/mol. The van der Waals surface area contributed by atoms with Gasteiger partial charge in [0.15, 0.2) is 0 Å². The molecule has 70 valence electrons. The number of allylic oxidation sites excluding steroid dienone is 1. The standard InChI is InChI=1S/C11H14BrN/c1-9(2)7-8-13-11-5-3-10(12)4-6-11/h3-7,13H,8H2,1-2H3. The molecule has 0 spiro atoms. The maximum atomic E-state index is 3.40. The molecule has 0 saturated carbocycles. The third-order valence-corrected chi connectivity index (χ3v) is 2.19. The van der Waals surface area contributed by atoms with Gasteiger partial charge in [0.2, 0.25) is 0 Å². The molecule has 0 heterocycles. The lowest BCUT2D eigenvalue weighted by atomic mass is 10.3. The lowest BCUT2D eigenvalue weighted by molar-refractivity contribution is 1.26. The molecule has 0 radical (unpaired) electrons. The molecule has 1 N–H and O–H groups in total. The molecule has 0 saturated heterocycles. The highest BCUT2D eigenvalue weighted by molar-refractivity contribution is 9.10. The zero-order valence-corrected chi connectivity index (χ0v) is 9.56. The second-order valence-electron chi connectivity index (χ2n) is 3.17.